The van der Waals surface area contributed by atoms with E-state index in [9.17, 15) is 0 Å². The van der Waals surface area contributed by atoms with Crippen LogP contribution in [0.4, 0.5) is 0 Å². The molecule has 2 nitrogen and oxygen atoms in total. The van der Waals surface area contributed by atoms with E-state index in [-0.39, 0.29) is 0 Å². The van der Waals surface area contributed by atoms with E-state index in [0.29, 0.717) is 0 Å². The van der Waals surface area contributed by atoms with Gasteiger partial charge in [-0.2, -0.15) is 0 Å². The molecule has 0 saturated heterocycles. The molecule has 3 rings (SSSR count). The molecule has 0 aliphatic carbocycles. The van der Waals surface area contributed by atoms with Crippen molar-refractivity contribution in [2.45, 2.75) is 19.8 Å². The summed E-state index contributed by atoms with van der Waals surface area (Å²) in [5.74, 6) is 0. The van der Waals surface area contributed by atoms with Gasteiger partial charge in [-0.1, -0.05) is 43.7 Å². The minimum atomic E-state index is 0.936. The van der Waals surface area contributed by atoms with Gasteiger partial charge in [-0.05, 0) is 30.0 Å². The van der Waals surface area contributed by atoms with Crippen molar-refractivity contribution in [3.63, 3.8) is 0 Å². The van der Waals surface area contributed by atoms with Crippen LogP contribution in [0.3, 0.4) is 0 Å². The summed E-state index contributed by atoms with van der Waals surface area (Å²) in [7, 11) is 0. The number of pyridine rings is 2. The van der Waals surface area contributed by atoms with Crippen molar-refractivity contribution in [1.29, 1.82) is 0 Å². The SMILES string of the molecule is CCCc1nc(-c2ccccn2)cc2ccccc12. The topological polar surface area (TPSA) is 25.8 Å². The predicted octanol–water partition coefficient (Wildman–Crippen LogP) is 4.25. The molecule has 3 aromatic rings. The number of benzene rings is 1. The normalized spacial score (nSPS) is 10.8. The molecule has 0 bridgehead atoms. The van der Waals surface area contributed by atoms with Crippen molar-refractivity contribution < 1.29 is 0 Å². The van der Waals surface area contributed by atoms with Gasteiger partial charge in [-0.25, -0.2) is 0 Å². The van der Waals surface area contributed by atoms with Crippen LogP contribution in [-0.2, 0) is 6.42 Å². The van der Waals surface area contributed by atoms with Crippen LogP contribution in [-0.4, -0.2) is 9.97 Å². The molecule has 2 heterocycles. The summed E-state index contributed by atoms with van der Waals surface area (Å²) in [4.78, 5) is 9.19. The van der Waals surface area contributed by atoms with Gasteiger partial charge in [-0.15, -0.1) is 0 Å². The first-order valence-electron chi connectivity index (χ1n) is 6.68. The molecule has 0 N–H and O–H groups in total. The average molecular weight is 248 g/mol. The maximum atomic E-state index is 4.80. The van der Waals surface area contributed by atoms with E-state index in [4.69, 9.17) is 4.98 Å². The van der Waals surface area contributed by atoms with E-state index < -0.39 is 0 Å². The minimum Gasteiger partial charge on any atom is -0.255 e. The van der Waals surface area contributed by atoms with Crippen LogP contribution < -0.4 is 0 Å². The second-order valence-corrected chi connectivity index (χ2v) is 4.64. The first-order chi connectivity index (χ1) is 9.38. The molecular formula is C17H16N2. The van der Waals surface area contributed by atoms with E-state index in [0.717, 1.165) is 24.2 Å². The number of nitrogens with zero attached hydrogens (tertiary/aromatic N) is 2. The Bertz CT molecular complexity index is 690. The third-order valence-corrected chi connectivity index (χ3v) is 3.23. The molecule has 0 aliphatic rings. The fourth-order valence-electron chi connectivity index (χ4n) is 2.34. The number of aromatic nitrogens is 2. The summed E-state index contributed by atoms with van der Waals surface area (Å²) in [6.07, 6.45) is 3.91. The first kappa shape index (κ1) is 11.8. The van der Waals surface area contributed by atoms with Crippen LogP contribution >= 0.6 is 0 Å². The molecule has 19 heavy (non-hydrogen) atoms. The zero-order valence-electron chi connectivity index (χ0n) is 11.0. The lowest BCUT2D eigenvalue weighted by Crippen LogP contribution is -1.95. The van der Waals surface area contributed by atoms with Crippen molar-refractivity contribution in [3.8, 4) is 11.4 Å². The van der Waals surface area contributed by atoms with Crippen LogP contribution in [0, 0.1) is 0 Å². The molecule has 2 heteroatoms. The molecule has 0 saturated carbocycles. The number of hydrogen-bond donors (Lipinski definition) is 0. The Morgan fingerprint density at radius 1 is 0.947 bits per heavy atom. The third-order valence-electron chi connectivity index (χ3n) is 3.23. The Balaban J connectivity index is 2.22. The molecule has 2 aromatic heterocycles. The Kier molecular flexibility index (Phi) is 3.23. The Morgan fingerprint density at radius 3 is 2.58 bits per heavy atom. The molecule has 0 atom stereocenters. The highest BCUT2D eigenvalue weighted by molar-refractivity contribution is 5.87. The van der Waals surface area contributed by atoms with Crippen molar-refractivity contribution >= 4 is 10.8 Å². The van der Waals surface area contributed by atoms with Gasteiger partial charge in [0, 0.05) is 17.3 Å². The van der Waals surface area contributed by atoms with Gasteiger partial charge in [0.25, 0.3) is 0 Å². The van der Waals surface area contributed by atoms with Crippen LogP contribution in [0.1, 0.15) is 19.0 Å². The quantitative estimate of drug-likeness (QED) is 0.692. The van der Waals surface area contributed by atoms with Crippen LogP contribution in [0.15, 0.2) is 54.7 Å². The van der Waals surface area contributed by atoms with Gasteiger partial charge >= 0.3 is 0 Å². The van der Waals surface area contributed by atoms with E-state index in [1.165, 1.54) is 16.5 Å². The summed E-state index contributed by atoms with van der Waals surface area (Å²) in [5, 5.41) is 2.49. The molecular weight excluding hydrogens is 232 g/mol. The summed E-state index contributed by atoms with van der Waals surface area (Å²) in [6, 6.07) is 16.5. The minimum absolute atomic E-state index is 0.936. The largest absolute Gasteiger partial charge is 0.255 e. The van der Waals surface area contributed by atoms with E-state index in [1.807, 2.05) is 24.4 Å². The van der Waals surface area contributed by atoms with Gasteiger partial charge in [0.1, 0.15) is 0 Å². The smallest absolute Gasteiger partial charge is 0.0895 e. The average Bonchev–Trinajstić information content (AvgIpc) is 2.48. The lowest BCUT2D eigenvalue weighted by molar-refractivity contribution is 0.894. The summed E-state index contributed by atoms with van der Waals surface area (Å²) in [5.41, 5.74) is 3.06. The monoisotopic (exact) mass is 248 g/mol. The predicted molar refractivity (Wildman–Crippen MR) is 79.0 cm³/mol. The summed E-state index contributed by atoms with van der Waals surface area (Å²) in [6.45, 7) is 2.18. The highest BCUT2D eigenvalue weighted by atomic mass is 14.8. The molecule has 1 aromatic carbocycles. The van der Waals surface area contributed by atoms with Gasteiger partial charge in [0.2, 0.25) is 0 Å². The summed E-state index contributed by atoms with van der Waals surface area (Å²) >= 11 is 0. The second kappa shape index (κ2) is 5.19. The molecule has 0 aliphatic heterocycles. The fourth-order valence-corrected chi connectivity index (χ4v) is 2.34. The molecule has 0 radical (unpaired) electrons. The highest BCUT2D eigenvalue weighted by Crippen LogP contribution is 2.24. The standard InChI is InChI=1S/C17H16N2/c1-2-7-15-14-9-4-3-8-13(14)12-17(19-15)16-10-5-6-11-18-16/h3-6,8-12H,2,7H2,1H3. The third kappa shape index (κ3) is 2.34. The van der Waals surface area contributed by atoms with Crippen molar-refractivity contribution in [3.05, 3.63) is 60.4 Å². The molecule has 0 unspecified atom stereocenters. The lowest BCUT2D eigenvalue weighted by atomic mass is 10.0. The second-order valence-electron chi connectivity index (χ2n) is 4.64. The lowest BCUT2D eigenvalue weighted by Gasteiger charge is -2.08. The number of aryl methyl sites for hydroxylation is 1. The highest BCUT2D eigenvalue weighted by Gasteiger charge is 2.07. The fraction of sp³-hybridized carbons (Fsp3) is 0.176. The van der Waals surface area contributed by atoms with E-state index in [1.54, 1.807) is 0 Å². The number of rotatable bonds is 3. The van der Waals surface area contributed by atoms with Gasteiger partial charge < -0.3 is 0 Å². The zero-order valence-corrected chi connectivity index (χ0v) is 11.0. The Hall–Kier alpha value is -2.22. The first-order valence-corrected chi connectivity index (χ1v) is 6.68. The Morgan fingerprint density at radius 2 is 1.79 bits per heavy atom. The Labute approximate surface area is 113 Å². The van der Waals surface area contributed by atoms with E-state index >= 15 is 0 Å². The number of hydrogen-bond acceptors (Lipinski definition) is 2. The van der Waals surface area contributed by atoms with Crippen molar-refractivity contribution in [2.75, 3.05) is 0 Å². The molecule has 0 amide bonds. The van der Waals surface area contributed by atoms with Gasteiger partial charge in [0.05, 0.1) is 11.4 Å². The van der Waals surface area contributed by atoms with Crippen LogP contribution in [0.2, 0.25) is 0 Å². The van der Waals surface area contributed by atoms with Crippen LogP contribution in [0.25, 0.3) is 22.2 Å². The summed E-state index contributed by atoms with van der Waals surface area (Å²) < 4.78 is 0. The zero-order chi connectivity index (χ0) is 13.1. The van der Waals surface area contributed by atoms with Gasteiger partial charge in [0.15, 0.2) is 0 Å². The molecule has 0 fully saturated rings. The van der Waals surface area contributed by atoms with E-state index in [2.05, 4.69) is 42.2 Å². The van der Waals surface area contributed by atoms with Crippen LogP contribution in [0.5, 0.6) is 0 Å². The molecule has 0 spiro atoms. The number of fused-ring (bicyclic) bond motifs is 1. The van der Waals surface area contributed by atoms with Crippen molar-refractivity contribution in [2.24, 2.45) is 0 Å². The maximum Gasteiger partial charge on any atom is 0.0895 e. The van der Waals surface area contributed by atoms with Gasteiger partial charge in [-0.3, -0.25) is 9.97 Å². The molecule has 94 valence electrons. The maximum absolute atomic E-state index is 4.80. The van der Waals surface area contributed by atoms with Crippen molar-refractivity contribution in [1.82, 2.24) is 9.97 Å².